The highest BCUT2D eigenvalue weighted by molar-refractivity contribution is 9.10. The van der Waals surface area contributed by atoms with Crippen LogP contribution in [0.25, 0.3) is 5.76 Å². The molecule has 0 radical (unpaired) electrons. The van der Waals surface area contributed by atoms with Crippen molar-refractivity contribution in [2.75, 3.05) is 4.90 Å². The fourth-order valence-electron chi connectivity index (χ4n) is 3.94. The van der Waals surface area contributed by atoms with E-state index in [4.69, 9.17) is 0 Å². The Labute approximate surface area is 190 Å². The van der Waals surface area contributed by atoms with Crippen LogP contribution in [0.5, 0.6) is 0 Å². The van der Waals surface area contributed by atoms with Crippen molar-refractivity contribution in [2.24, 2.45) is 0 Å². The van der Waals surface area contributed by atoms with E-state index in [0.717, 1.165) is 26.7 Å². The van der Waals surface area contributed by atoms with Crippen molar-refractivity contribution in [3.8, 4) is 0 Å². The van der Waals surface area contributed by atoms with E-state index in [0.29, 0.717) is 11.3 Å². The van der Waals surface area contributed by atoms with Crippen LogP contribution >= 0.6 is 15.9 Å². The lowest BCUT2D eigenvalue weighted by Gasteiger charge is -2.26. The summed E-state index contributed by atoms with van der Waals surface area (Å²) >= 11 is 3.46. The molecule has 4 nitrogen and oxygen atoms in total. The van der Waals surface area contributed by atoms with E-state index in [1.807, 2.05) is 75.4 Å². The molecule has 31 heavy (non-hydrogen) atoms. The number of halogens is 1. The molecule has 1 fully saturated rings. The maximum atomic E-state index is 13.2. The van der Waals surface area contributed by atoms with Gasteiger partial charge in [0.15, 0.2) is 0 Å². The Morgan fingerprint density at radius 2 is 1.58 bits per heavy atom. The van der Waals surface area contributed by atoms with Crippen molar-refractivity contribution in [1.29, 1.82) is 0 Å². The summed E-state index contributed by atoms with van der Waals surface area (Å²) in [6, 6.07) is 19.7. The lowest BCUT2D eigenvalue weighted by molar-refractivity contribution is -0.132. The molecule has 0 spiro atoms. The molecular weight excluding hydrogens is 454 g/mol. The maximum absolute atomic E-state index is 13.2. The number of aryl methyl sites for hydroxylation is 3. The molecule has 0 aliphatic carbocycles. The Bertz CT molecular complexity index is 1230. The van der Waals surface area contributed by atoms with Crippen molar-refractivity contribution in [3.05, 3.63) is 105 Å². The number of carbonyl (C=O) groups is 2. The third-order valence-electron chi connectivity index (χ3n) is 5.67. The first-order chi connectivity index (χ1) is 14.8. The summed E-state index contributed by atoms with van der Waals surface area (Å²) in [5.41, 5.74) is 4.93. The third kappa shape index (κ3) is 3.70. The summed E-state index contributed by atoms with van der Waals surface area (Å²) < 4.78 is 0.902. The Morgan fingerprint density at radius 1 is 0.903 bits per heavy atom. The smallest absolute Gasteiger partial charge is 0.300 e. The minimum atomic E-state index is -0.715. The van der Waals surface area contributed by atoms with Crippen LogP contribution in [0, 0.1) is 20.8 Å². The second-order valence-corrected chi connectivity index (χ2v) is 8.68. The molecule has 1 saturated heterocycles. The van der Waals surface area contributed by atoms with Crippen molar-refractivity contribution >= 4 is 39.1 Å². The molecule has 156 valence electrons. The Morgan fingerprint density at radius 3 is 2.23 bits per heavy atom. The Balaban J connectivity index is 1.97. The van der Waals surface area contributed by atoms with Crippen molar-refractivity contribution in [1.82, 2.24) is 0 Å². The summed E-state index contributed by atoms with van der Waals surface area (Å²) in [6.07, 6.45) is 0. The molecule has 1 aliphatic heterocycles. The third-order valence-corrected chi connectivity index (χ3v) is 6.56. The zero-order valence-corrected chi connectivity index (χ0v) is 19.1. The molecule has 1 amide bonds. The number of aliphatic hydroxyl groups excluding tert-OH is 1. The van der Waals surface area contributed by atoms with E-state index in [-0.39, 0.29) is 11.3 Å². The summed E-state index contributed by atoms with van der Waals surface area (Å²) in [7, 11) is 0. The molecule has 0 saturated carbocycles. The molecule has 1 heterocycles. The van der Waals surface area contributed by atoms with Gasteiger partial charge in [-0.3, -0.25) is 14.5 Å². The number of ketones is 1. The van der Waals surface area contributed by atoms with Crippen molar-refractivity contribution in [2.45, 2.75) is 26.8 Å². The quantitative estimate of drug-likeness (QED) is 0.287. The molecule has 5 heteroatoms. The monoisotopic (exact) mass is 475 g/mol. The molecule has 1 N–H and O–H groups in total. The summed E-state index contributed by atoms with van der Waals surface area (Å²) in [4.78, 5) is 27.9. The van der Waals surface area contributed by atoms with Gasteiger partial charge in [0.05, 0.1) is 11.6 Å². The first-order valence-corrected chi connectivity index (χ1v) is 10.8. The number of carbonyl (C=O) groups excluding carboxylic acids is 2. The number of anilines is 1. The molecule has 1 unspecified atom stereocenters. The second kappa shape index (κ2) is 8.16. The van der Waals surface area contributed by atoms with Gasteiger partial charge in [-0.2, -0.15) is 0 Å². The highest BCUT2D eigenvalue weighted by Gasteiger charge is 2.47. The first-order valence-electron chi connectivity index (χ1n) is 9.99. The number of rotatable bonds is 3. The van der Waals surface area contributed by atoms with Crippen molar-refractivity contribution < 1.29 is 14.7 Å². The molecule has 0 aromatic heterocycles. The summed E-state index contributed by atoms with van der Waals surface area (Å²) in [5.74, 6) is -1.50. The van der Waals surface area contributed by atoms with Crippen LogP contribution < -0.4 is 4.90 Å². The topological polar surface area (TPSA) is 57.6 Å². The standard InChI is InChI=1S/C26H22BrNO3/c1-15-8-11-19(12-9-15)28-23(20-7-5-4-6-16(20)2)22(25(30)26(28)31)24(29)18-10-13-21(27)17(3)14-18/h4-14,23,29H,1-3H3/b24-22+. The zero-order chi connectivity index (χ0) is 22.3. The van der Waals surface area contributed by atoms with Gasteiger partial charge in [0.1, 0.15) is 5.76 Å². The van der Waals surface area contributed by atoms with E-state index >= 15 is 0 Å². The van der Waals surface area contributed by atoms with E-state index in [1.54, 1.807) is 12.1 Å². The molecule has 1 aliphatic rings. The number of amides is 1. The number of aliphatic hydroxyl groups is 1. The van der Waals surface area contributed by atoms with E-state index in [1.165, 1.54) is 4.90 Å². The lowest BCUT2D eigenvalue weighted by Crippen LogP contribution is -2.29. The summed E-state index contributed by atoms with van der Waals surface area (Å²) in [6.45, 7) is 5.81. The average molecular weight is 476 g/mol. The van der Waals surface area contributed by atoms with Gasteiger partial charge in [-0.1, -0.05) is 64.0 Å². The van der Waals surface area contributed by atoms with Crippen LogP contribution in [-0.2, 0) is 9.59 Å². The average Bonchev–Trinajstić information content (AvgIpc) is 3.01. The minimum absolute atomic E-state index is 0.0987. The van der Waals surface area contributed by atoms with Crippen LogP contribution in [0.15, 0.2) is 76.8 Å². The number of hydrogen-bond donors (Lipinski definition) is 1. The van der Waals surface area contributed by atoms with Gasteiger partial charge in [0.2, 0.25) is 0 Å². The molecule has 1 atom stereocenters. The van der Waals surface area contributed by atoms with Gasteiger partial charge in [-0.25, -0.2) is 0 Å². The number of benzene rings is 3. The van der Waals surface area contributed by atoms with Gasteiger partial charge in [0, 0.05) is 15.7 Å². The predicted octanol–water partition coefficient (Wildman–Crippen LogP) is 6.00. The SMILES string of the molecule is Cc1ccc(N2C(=O)C(=O)/C(=C(/O)c3ccc(Br)c(C)c3)C2c2ccccc2C)cc1. The molecule has 4 rings (SSSR count). The number of Topliss-reactive ketones (excluding diaryl/α,β-unsaturated/α-hetero) is 1. The van der Waals surface area contributed by atoms with E-state index in [9.17, 15) is 14.7 Å². The first kappa shape index (κ1) is 21.1. The normalized spacial score (nSPS) is 17.9. The summed E-state index contributed by atoms with van der Waals surface area (Å²) in [5, 5.41) is 11.2. The van der Waals surface area contributed by atoms with E-state index in [2.05, 4.69) is 15.9 Å². The van der Waals surface area contributed by atoms with Gasteiger partial charge < -0.3 is 5.11 Å². The minimum Gasteiger partial charge on any atom is -0.507 e. The van der Waals surface area contributed by atoms with Gasteiger partial charge in [-0.15, -0.1) is 0 Å². The highest BCUT2D eigenvalue weighted by Crippen LogP contribution is 2.43. The van der Waals surface area contributed by atoms with Gasteiger partial charge in [0.25, 0.3) is 11.7 Å². The van der Waals surface area contributed by atoms with Crippen LogP contribution in [0.2, 0.25) is 0 Å². The van der Waals surface area contributed by atoms with Gasteiger partial charge >= 0.3 is 0 Å². The second-order valence-electron chi connectivity index (χ2n) is 7.83. The van der Waals surface area contributed by atoms with Gasteiger partial charge in [-0.05, 0) is 61.7 Å². The van der Waals surface area contributed by atoms with Crippen LogP contribution in [0.4, 0.5) is 5.69 Å². The number of hydrogen-bond acceptors (Lipinski definition) is 3. The van der Waals surface area contributed by atoms with Crippen LogP contribution in [0.1, 0.15) is 33.9 Å². The van der Waals surface area contributed by atoms with Crippen LogP contribution in [0.3, 0.4) is 0 Å². The maximum Gasteiger partial charge on any atom is 0.300 e. The van der Waals surface area contributed by atoms with Crippen LogP contribution in [-0.4, -0.2) is 16.8 Å². The largest absolute Gasteiger partial charge is 0.507 e. The Kier molecular flexibility index (Phi) is 5.54. The Hall–Kier alpha value is -3.18. The molecule has 3 aromatic carbocycles. The fourth-order valence-corrected chi connectivity index (χ4v) is 4.19. The lowest BCUT2D eigenvalue weighted by atomic mass is 9.92. The van der Waals surface area contributed by atoms with E-state index < -0.39 is 17.7 Å². The fraction of sp³-hybridized carbons (Fsp3) is 0.154. The predicted molar refractivity (Wildman–Crippen MR) is 126 cm³/mol. The number of nitrogens with zero attached hydrogens (tertiary/aromatic N) is 1. The van der Waals surface area contributed by atoms with Crippen molar-refractivity contribution in [3.63, 3.8) is 0 Å². The molecule has 3 aromatic rings. The molecule has 0 bridgehead atoms. The molecular formula is C26H22BrNO3. The highest BCUT2D eigenvalue weighted by atomic mass is 79.9. The zero-order valence-electron chi connectivity index (χ0n) is 17.5.